The van der Waals surface area contributed by atoms with Gasteiger partial charge in [0, 0.05) is 10.9 Å². The molecule has 78 valence electrons. The maximum absolute atomic E-state index is 12.4. The average molecular weight is 220 g/mol. The minimum atomic E-state index is -2.67. The highest BCUT2D eigenvalue weighted by atomic mass is 31.2. The lowest BCUT2D eigenvalue weighted by molar-refractivity contribution is 0.501. The van der Waals surface area contributed by atoms with Crippen LogP contribution in [-0.2, 0) is 10.7 Å². The molecule has 3 heteroatoms. The summed E-state index contributed by atoms with van der Waals surface area (Å²) in [6, 6.07) is 7.64. The molecule has 15 heavy (non-hydrogen) atoms. The molecule has 2 nitrogen and oxygen atoms in total. The Bertz CT molecular complexity index is 445. The van der Waals surface area contributed by atoms with Crippen molar-refractivity contribution in [3.05, 3.63) is 53.9 Å². The molecule has 1 aliphatic heterocycles. The lowest BCUT2D eigenvalue weighted by atomic mass is 10.2. The van der Waals surface area contributed by atoms with Crippen molar-refractivity contribution >= 4 is 7.37 Å². The van der Waals surface area contributed by atoms with Crippen LogP contribution in [0, 0.1) is 0 Å². The van der Waals surface area contributed by atoms with Crippen molar-refractivity contribution in [3.8, 4) is 5.75 Å². The zero-order chi connectivity index (χ0) is 10.9. The Morgan fingerprint density at radius 1 is 1.53 bits per heavy atom. The van der Waals surface area contributed by atoms with Crippen LogP contribution in [0.4, 0.5) is 0 Å². The van der Waals surface area contributed by atoms with E-state index in [2.05, 4.69) is 6.58 Å². The standard InChI is InChI=1S/C12H13O2P/c1-3-6-10(2)15(13)9-11-7-4-5-8-12(11)14-15/h3-8H,1,9H2,2H3/b10-6+. The van der Waals surface area contributed by atoms with Gasteiger partial charge in [-0.1, -0.05) is 36.9 Å². The summed E-state index contributed by atoms with van der Waals surface area (Å²) >= 11 is 0. The van der Waals surface area contributed by atoms with E-state index in [1.165, 1.54) is 0 Å². The Morgan fingerprint density at radius 3 is 2.93 bits per heavy atom. The molecule has 0 N–H and O–H groups in total. The van der Waals surface area contributed by atoms with Gasteiger partial charge in [0.2, 0.25) is 0 Å². The molecule has 0 bridgehead atoms. The Hall–Kier alpha value is -1.27. The van der Waals surface area contributed by atoms with Gasteiger partial charge in [0.15, 0.2) is 0 Å². The number of fused-ring (bicyclic) bond motifs is 1. The van der Waals surface area contributed by atoms with Gasteiger partial charge in [-0.2, -0.15) is 0 Å². The van der Waals surface area contributed by atoms with E-state index in [0.717, 1.165) is 16.6 Å². The van der Waals surface area contributed by atoms with E-state index in [4.69, 9.17) is 4.52 Å². The summed E-state index contributed by atoms with van der Waals surface area (Å²) in [7, 11) is -2.67. The number of hydrogen-bond acceptors (Lipinski definition) is 2. The number of allylic oxidation sites excluding steroid dienone is 3. The van der Waals surface area contributed by atoms with Crippen LogP contribution >= 0.6 is 7.37 Å². The van der Waals surface area contributed by atoms with Gasteiger partial charge in [0.25, 0.3) is 7.37 Å². The molecule has 1 aromatic rings. The summed E-state index contributed by atoms with van der Waals surface area (Å²) in [5.41, 5.74) is 1.03. The van der Waals surface area contributed by atoms with Gasteiger partial charge in [-0.15, -0.1) is 0 Å². The fourth-order valence-electron chi connectivity index (χ4n) is 1.62. The molecular weight excluding hydrogens is 207 g/mol. The largest absolute Gasteiger partial charge is 0.439 e. The highest BCUT2D eigenvalue weighted by molar-refractivity contribution is 7.63. The van der Waals surface area contributed by atoms with Gasteiger partial charge >= 0.3 is 0 Å². The van der Waals surface area contributed by atoms with Crippen molar-refractivity contribution in [1.82, 2.24) is 0 Å². The summed E-state index contributed by atoms with van der Waals surface area (Å²) in [4.78, 5) is 0. The second-order valence-corrected chi connectivity index (χ2v) is 6.13. The molecule has 0 spiro atoms. The molecule has 0 saturated carbocycles. The Balaban J connectivity index is 2.37. The van der Waals surface area contributed by atoms with Crippen molar-refractivity contribution in [1.29, 1.82) is 0 Å². The smallest absolute Gasteiger partial charge is 0.277 e. The van der Waals surface area contributed by atoms with E-state index in [1.54, 1.807) is 12.2 Å². The van der Waals surface area contributed by atoms with Crippen molar-refractivity contribution in [2.45, 2.75) is 13.1 Å². The maximum Gasteiger partial charge on any atom is 0.277 e. The number of hydrogen-bond donors (Lipinski definition) is 0. The summed E-state index contributed by atoms with van der Waals surface area (Å²) in [5.74, 6) is 0.748. The SMILES string of the molecule is C=C/C=C(\C)P1(=O)Cc2ccccc2O1. The van der Waals surface area contributed by atoms with E-state index in [0.29, 0.717) is 6.16 Å². The molecule has 0 fully saturated rings. The quantitative estimate of drug-likeness (QED) is 0.557. The van der Waals surface area contributed by atoms with Crippen LogP contribution in [0.3, 0.4) is 0 Å². The third-order valence-corrected chi connectivity index (χ3v) is 4.97. The molecule has 0 aliphatic carbocycles. The highest BCUT2D eigenvalue weighted by Crippen LogP contribution is 2.62. The van der Waals surface area contributed by atoms with Crippen molar-refractivity contribution in [2.24, 2.45) is 0 Å². The van der Waals surface area contributed by atoms with Gasteiger partial charge in [-0.3, -0.25) is 4.57 Å². The Morgan fingerprint density at radius 2 is 2.27 bits per heavy atom. The van der Waals surface area contributed by atoms with Crippen molar-refractivity contribution in [2.75, 3.05) is 0 Å². The lowest BCUT2D eigenvalue weighted by Gasteiger charge is -2.11. The van der Waals surface area contributed by atoms with Crippen molar-refractivity contribution in [3.63, 3.8) is 0 Å². The van der Waals surface area contributed by atoms with Gasteiger partial charge in [-0.25, -0.2) is 0 Å². The second kappa shape index (κ2) is 3.71. The molecule has 1 aromatic carbocycles. The van der Waals surface area contributed by atoms with Gasteiger partial charge in [0.05, 0.1) is 6.16 Å². The van der Waals surface area contributed by atoms with E-state index in [1.807, 2.05) is 31.2 Å². The third kappa shape index (κ3) is 1.78. The average Bonchev–Trinajstić information content (AvgIpc) is 2.56. The summed E-state index contributed by atoms with van der Waals surface area (Å²) in [6.45, 7) is 5.43. The molecule has 0 saturated heterocycles. The van der Waals surface area contributed by atoms with Gasteiger partial charge < -0.3 is 4.52 Å². The Kier molecular flexibility index (Phi) is 2.54. The molecule has 0 aromatic heterocycles. The van der Waals surface area contributed by atoms with Gasteiger partial charge in [0.1, 0.15) is 5.75 Å². The highest BCUT2D eigenvalue weighted by Gasteiger charge is 2.34. The fraction of sp³-hybridized carbons (Fsp3) is 0.167. The molecule has 1 unspecified atom stereocenters. The third-order valence-electron chi connectivity index (χ3n) is 2.49. The first-order valence-electron chi connectivity index (χ1n) is 4.82. The second-order valence-electron chi connectivity index (χ2n) is 3.57. The molecule has 1 heterocycles. The molecule has 1 atom stereocenters. The first kappa shape index (κ1) is 10.3. The molecule has 1 aliphatic rings. The predicted molar refractivity (Wildman–Crippen MR) is 62.3 cm³/mol. The Labute approximate surface area is 89.7 Å². The number of rotatable bonds is 2. The molecule has 0 amide bonds. The van der Waals surface area contributed by atoms with E-state index in [9.17, 15) is 4.57 Å². The first-order chi connectivity index (χ1) is 7.15. The molecule has 2 rings (SSSR count). The zero-order valence-electron chi connectivity index (χ0n) is 8.64. The fourth-order valence-corrected chi connectivity index (χ4v) is 3.62. The van der Waals surface area contributed by atoms with Crippen LogP contribution in [0.1, 0.15) is 12.5 Å². The van der Waals surface area contributed by atoms with E-state index in [-0.39, 0.29) is 0 Å². The van der Waals surface area contributed by atoms with Crippen LogP contribution < -0.4 is 4.52 Å². The van der Waals surface area contributed by atoms with Crippen LogP contribution in [0.5, 0.6) is 5.75 Å². The van der Waals surface area contributed by atoms with Crippen LogP contribution in [-0.4, -0.2) is 0 Å². The van der Waals surface area contributed by atoms with Crippen LogP contribution in [0.25, 0.3) is 0 Å². The monoisotopic (exact) mass is 220 g/mol. The van der Waals surface area contributed by atoms with Crippen molar-refractivity contribution < 1.29 is 9.09 Å². The summed E-state index contributed by atoms with van der Waals surface area (Å²) in [6.07, 6.45) is 3.90. The lowest BCUT2D eigenvalue weighted by Crippen LogP contribution is -1.87. The summed E-state index contributed by atoms with van der Waals surface area (Å²) in [5, 5.41) is 0.772. The van der Waals surface area contributed by atoms with E-state index < -0.39 is 7.37 Å². The normalized spacial score (nSPS) is 24.5. The van der Waals surface area contributed by atoms with Crippen LogP contribution in [0.2, 0.25) is 0 Å². The zero-order valence-corrected chi connectivity index (χ0v) is 9.54. The number of para-hydroxylation sites is 1. The molecule has 0 radical (unpaired) electrons. The minimum absolute atomic E-state index is 0.499. The topological polar surface area (TPSA) is 26.3 Å². The first-order valence-corrected chi connectivity index (χ1v) is 6.63. The minimum Gasteiger partial charge on any atom is -0.439 e. The van der Waals surface area contributed by atoms with Gasteiger partial charge in [-0.05, 0) is 13.0 Å². The maximum atomic E-state index is 12.4. The number of benzene rings is 1. The summed E-state index contributed by atoms with van der Waals surface area (Å²) < 4.78 is 18.0. The predicted octanol–water partition coefficient (Wildman–Crippen LogP) is 3.95. The van der Waals surface area contributed by atoms with Crippen LogP contribution in [0.15, 0.2) is 48.3 Å². The molecular formula is C12H13O2P. The van der Waals surface area contributed by atoms with E-state index >= 15 is 0 Å².